The Hall–Kier alpha value is -1.71. The Balaban J connectivity index is 2.45. The molecule has 0 saturated heterocycles. The molecule has 20 heavy (non-hydrogen) atoms. The summed E-state index contributed by atoms with van der Waals surface area (Å²) in [5.41, 5.74) is 6.30. The Morgan fingerprint density at radius 2 is 1.65 bits per heavy atom. The van der Waals surface area contributed by atoms with Crippen LogP contribution in [-0.4, -0.2) is 30.5 Å². The van der Waals surface area contributed by atoms with Crippen molar-refractivity contribution in [2.24, 2.45) is 0 Å². The molecule has 112 valence electrons. The van der Waals surface area contributed by atoms with Crippen LogP contribution < -0.4 is 10.5 Å². The molecule has 0 heterocycles. The average molecular weight is 278 g/mol. The number of nitrogens with two attached hydrogens (primary N) is 1. The molecule has 0 bridgehead atoms. The minimum absolute atomic E-state index is 0.0590. The summed E-state index contributed by atoms with van der Waals surface area (Å²) in [6, 6.07) is 7.10. The number of nitrogen functional groups attached to an aromatic ring is 1. The van der Waals surface area contributed by atoms with Gasteiger partial charge in [0.2, 0.25) is 0 Å². The summed E-state index contributed by atoms with van der Waals surface area (Å²) in [6.07, 6.45) is 4.26. The molecule has 0 radical (unpaired) electrons. The van der Waals surface area contributed by atoms with E-state index in [1.807, 2.05) is 4.90 Å². The largest absolute Gasteiger partial charge is 0.484 e. The predicted octanol–water partition coefficient (Wildman–Crippen LogP) is 3.08. The zero-order valence-corrected chi connectivity index (χ0v) is 12.6. The molecule has 0 saturated carbocycles. The number of unbranched alkanes of at least 4 members (excludes halogenated alkanes) is 2. The van der Waals surface area contributed by atoms with Crippen LogP contribution >= 0.6 is 0 Å². The molecule has 1 aromatic rings. The second kappa shape index (κ2) is 9.23. The summed E-state index contributed by atoms with van der Waals surface area (Å²) in [6.45, 7) is 6.00. The van der Waals surface area contributed by atoms with Gasteiger partial charge in [0.15, 0.2) is 6.61 Å². The van der Waals surface area contributed by atoms with Gasteiger partial charge in [0.25, 0.3) is 5.91 Å². The lowest BCUT2D eigenvalue weighted by Gasteiger charge is -2.22. The fourth-order valence-corrected chi connectivity index (χ4v) is 1.86. The lowest BCUT2D eigenvalue weighted by atomic mass is 10.2. The number of anilines is 1. The van der Waals surface area contributed by atoms with Gasteiger partial charge in [-0.05, 0) is 37.1 Å². The van der Waals surface area contributed by atoms with Crippen molar-refractivity contribution in [2.45, 2.75) is 39.5 Å². The number of hydrogen-bond donors (Lipinski definition) is 1. The van der Waals surface area contributed by atoms with Crippen molar-refractivity contribution in [3.63, 3.8) is 0 Å². The summed E-state index contributed by atoms with van der Waals surface area (Å²) in [5.74, 6) is 0.738. The first kappa shape index (κ1) is 16.3. The number of nitrogens with zero attached hydrogens (tertiary/aromatic N) is 1. The zero-order chi connectivity index (χ0) is 14.8. The van der Waals surface area contributed by atoms with Gasteiger partial charge in [0, 0.05) is 18.8 Å². The summed E-state index contributed by atoms with van der Waals surface area (Å²) >= 11 is 0. The first-order chi connectivity index (χ1) is 9.67. The third-order valence-electron chi connectivity index (χ3n) is 3.16. The smallest absolute Gasteiger partial charge is 0.260 e. The number of carbonyl (C=O) groups is 1. The van der Waals surface area contributed by atoms with Gasteiger partial charge in [0.1, 0.15) is 5.75 Å². The Morgan fingerprint density at radius 3 is 2.15 bits per heavy atom. The molecule has 0 aliphatic rings. The van der Waals surface area contributed by atoms with Gasteiger partial charge in [-0.3, -0.25) is 4.79 Å². The Labute approximate surface area is 121 Å². The normalized spacial score (nSPS) is 10.3. The molecule has 0 aliphatic carbocycles. The van der Waals surface area contributed by atoms with Crippen LogP contribution in [0.2, 0.25) is 0 Å². The number of carbonyl (C=O) groups excluding carboxylic acids is 1. The van der Waals surface area contributed by atoms with Crippen LogP contribution in [0.1, 0.15) is 39.5 Å². The van der Waals surface area contributed by atoms with E-state index >= 15 is 0 Å². The second-order valence-corrected chi connectivity index (χ2v) is 4.95. The van der Waals surface area contributed by atoms with Gasteiger partial charge in [-0.2, -0.15) is 0 Å². The third-order valence-corrected chi connectivity index (χ3v) is 3.16. The molecule has 4 nitrogen and oxygen atoms in total. The Bertz CT molecular complexity index is 382. The van der Waals surface area contributed by atoms with Crippen LogP contribution in [0.4, 0.5) is 5.69 Å². The van der Waals surface area contributed by atoms with Gasteiger partial charge in [-0.1, -0.05) is 26.7 Å². The standard InChI is InChI=1S/C16H26N2O2/c1-3-5-11-18(12-6-4-2)16(19)13-20-15-9-7-14(17)8-10-15/h7-10H,3-6,11-13,17H2,1-2H3. The van der Waals surface area contributed by atoms with Crippen molar-refractivity contribution < 1.29 is 9.53 Å². The topological polar surface area (TPSA) is 55.6 Å². The van der Waals surface area contributed by atoms with Crippen LogP contribution in [0.25, 0.3) is 0 Å². The molecule has 0 spiro atoms. The maximum atomic E-state index is 12.2. The lowest BCUT2D eigenvalue weighted by molar-refractivity contribution is -0.133. The maximum absolute atomic E-state index is 12.2. The highest BCUT2D eigenvalue weighted by atomic mass is 16.5. The molecule has 4 heteroatoms. The van der Waals surface area contributed by atoms with Crippen molar-refractivity contribution in [3.05, 3.63) is 24.3 Å². The number of hydrogen-bond acceptors (Lipinski definition) is 3. The minimum Gasteiger partial charge on any atom is -0.484 e. The highest BCUT2D eigenvalue weighted by Gasteiger charge is 2.13. The van der Waals surface area contributed by atoms with E-state index in [1.54, 1.807) is 24.3 Å². The molecular formula is C16H26N2O2. The quantitative estimate of drug-likeness (QED) is 0.706. The fourth-order valence-electron chi connectivity index (χ4n) is 1.86. The highest BCUT2D eigenvalue weighted by Crippen LogP contribution is 2.13. The number of benzene rings is 1. The van der Waals surface area contributed by atoms with Gasteiger partial charge >= 0.3 is 0 Å². The summed E-state index contributed by atoms with van der Waals surface area (Å²) in [4.78, 5) is 14.1. The van der Waals surface area contributed by atoms with E-state index < -0.39 is 0 Å². The first-order valence-electron chi connectivity index (χ1n) is 7.43. The van der Waals surface area contributed by atoms with Crippen molar-refractivity contribution in [3.8, 4) is 5.75 Å². The van der Waals surface area contributed by atoms with E-state index in [0.717, 1.165) is 38.8 Å². The monoisotopic (exact) mass is 278 g/mol. The van der Waals surface area contributed by atoms with Crippen LogP contribution in [0.15, 0.2) is 24.3 Å². The van der Waals surface area contributed by atoms with Gasteiger partial charge in [-0.15, -0.1) is 0 Å². The van der Waals surface area contributed by atoms with Crippen LogP contribution in [0.5, 0.6) is 5.75 Å². The van der Waals surface area contributed by atoms with Gasteiger partial charge in [0.05, 0.1) is 0 Å². The van der Waals surface area contributed by atoms with Gasteiger partial charge < -0.3 is 15.4 Å². The molecule has 1 aromatic carbocycles. The zero-order valence-electron chi connectivity index (χ0n) is 12.6. The molecule has 0 unspecified atom stereocenters. The van der Waals surface area contributed by atoms with Crippen LogP contribution in [-0.2, 0) is 4.79 Å². The molecule has 0 aromatic heterocycles. The van der Waals surface area contributed by atoms with Crippen LogP contribution in [0.3, 0.4) is 0 Å². The minimum atomic E-state index is 0.0590. The number of rotatable bonds is 9. The molecule has 0 aliphatic heterocycles. The Morgan fingerprint density at radius 1 is 1.10 bits per heavy atom. The summed E-state index contributed by atoms with van der Waals surface area (Å²) in [7, 11) is 0. The highest BCUT2D eigenvalue weighted by molar-refractivity contribution is 5.77. The average Bonchev–Trinajstić information content (AvgIpc) is 2.46. The molecular weight excluding hydrogens is 252 g/mol. The Kier molecular flexibility index (Phi) is 7.55. The lowest BCUT2D eigenvalue weighted by Crippen LogP contribution is -2.36. The van der Waals surface area contributed by atoms with E-state index in [0.29, 0.717) is 11.4 Å². The summed E-state index contributed by atoms with van der Waals surface area (Å²) in [5, 5.41) is 0. The first-order valence-corrected chi connectivity index (χ1v) is 7.43. The number of amides is 1. The second-order valence-electron chi connectivity index (χ2n) is 4.95. The van der Waals surface area contributed by atoms with Gasteiger partial charge in [-0.25, -0.2) is 0 Å². The molecule has 0 fully saturated rings. The van der Waals surface area contributed by atoms with Crippen molar-refractivity contribution >= 4 is 11.6 Å². The molecule has 1 rings (SSSR count). The van der Waals surface area contributed by atoms with E-state index in [4.69, 9.17) is 10.5 Å². The van der Waals surface area contributed by atoms with E-state index in [9.17, 15) is 4.79 Å². The molecule has 2 N–H and O–H groups in total. The van der Waals surface area contributed by atoms with Crippen molar-refractivity contribution in [1.29, 1.82) is 0 Å². The summed E-state index contributed by atoms with van der Waals surface area (Å²) < 4.78 is 5.52. The molecule has 1 amide bonds. The fraction of sp³-hybridized carbons (Fsp3) is 0.562. The van der Waals surface area contributed by atoms with E-state index in [-0.39, 0.29) is 12.5 Å². The maximum Gasteiger partial charge on any atom is 0.260 e. The van der Waals surface area contributed by atoms with Crippen LogP contribution in [0, 0.1) is 0 Å². The third kappa shape index (κ3) is 5.95. The van der Waals surface area contributed by atoms with Crippen molar-refractivity contribution in [2.75, 3.05) is 25.4 Å². The SMILES string of the molecule is CCCCN(CCCC)C(=O)COc1ccc(N)cc1. The van der Waals surface area contributed by atoms with Crippen molar-refractivity contribution in [1.82, 2.24) is 4.90 Å². The van der Waals surface area contributed by atoms with E-state index in [1.165, 1.54) is 0 Å². The molecule has 0 atom stereocenters. The number of ether oxygens (including phenoxy) is 1. The van der Waals surface area contributed by atoms with E-state index in [2.05, 4.69) is 13.8 Å². The predicted molar refractivity (Wildman–Crippen MR) is 82.7 cm³/mol.